The molecule has 3 aromatic rings. The molecule has 1 aromatic heterocycles. The fourth-order valence-electron chi connectivity index (χ4n) is 2.89. The molecule has 0 fully saturated rings. The largest absolute Gasteiger partial charge is 0.462 e. The average Bonchev–Trinajstić information content (AvgIpc) is 3.38. The zero-order chi connectivity index (χ0) is 23.1. The summed E-state index contributed by atoms with van der Waals surface area (Å²) < 4.78 is 82.6. The molecule has 0 aliphatic carbocycles. The molecule has 32 heavy (non-hydrogen) atoms. The molecule has 1 aliphatic heterocycles. The Kier molecular flexibility index (Phi) is 5.49. The van der Waals surface area contributed by atoms with Crippen molar-refractivity contribution >= 4 is 10.0 Å². The number of ether oxygens (including phenoxy) is 3. The van der Waals surface area contributed by atoms with Crippen LogP contribution in [0.2, 0.25) is 0 Å². The summed E-state index contributed by atoms with van der Waals surface area (Å²) in [5, 5.41) is 3.93. The Bertz CT molecular complexity index is 1260. The van der Waals surface area contributed by atoms with E-state index >= 15 is 0 Å². The maximum atomic E-state index is 13.3. The minimum Gasteiger partial charge on any atom is -0.462 e. The molecule has 2 heterocycles. The second-order valence-electron chi connectivity index (χ2n) is 7.36. The topological polar surface area (TPSA) is 92.5 Å². The van der Waals surface area contributed by atoms with Crippen LogP contribution < -0.4 is 14.2 Å². The number of rotatable bonds is 6. The standard InChI is InChI=1S/C20H18F3N3O5S/c1-12(2)10-29-19-24-18(13-6-7-16-17(8-13)31-11-30-16)26(25-19)32(27,28)15-5-3-4-14(9-15)20(21,22)23/h3-9,12H,10-11H2,1-2H3. The Balaban J connectivity index is 1.83. The molecule has 0 amide bonds. The molecule has 2 aromatic carbocycles. The van der Waals surface area contributed by atoms with E-state index in [-0.39, 0.29) is 31.2 Å². The second-order valence-corrected chi connectivity index (χ2v) is 9.13. The van der Waals surface area contributed by atoms with E-state index in [1.54, 1.807) is 12.1 Å². The Labute approximate surface area is 181 Å². The van der Waals surface area contributed by atoms with Crippen molar-refractivity contribution < 1.29 is 35.8 Å². The molecule has 8 nitrogen and oxygen atoms in total. The number of benzene rings is 2. The zero-order valence-corrected chi connectivity index (χ0v) is 17.8. The van der Waals surface area contributed by atoms with Gasteiger partial charge in [0.15, 0.2) is 17.3 Å². The third-order valence-electron chi connectivity index (χ3n) is 4.42. The summed E-state index contributed by atoms with van der Waals surface area (Å²) in [4.78, 5) is 3.58. The van der Waals surface area contributed by atoms with E-state index in [0.29, 0.717) is 27.2 Å². The van der Waals surface area contributed by atoms with E-state index < -0.39 is 26.7 Å². The van der Waals surface area contributed by atoms with Gasteiger partial charge in [0, 0.05) is 5.56 Å². The first-order valence-corrected chi connectivity index (χ1v) is 10.9. The molecule has 0 unspecified atom stereocenters. The van der Waals surface area contributed by atoms with Crippen molar-refractivity contribution in [3.63, 3.8) is 0 Å². The smallest absolute Gasteiger partial charge is 0.416 e. The van der Waals surface area contributed by atoms with E-state index in [1.807, 2.05) is 13.8 Å². The first kappa shape index (κ1) is 21.9. The van der Waals surface area contributed by atoms with Crippen LogP contribution in [-0.4, -0.2) is 36.0 Å². The van der Waals surface area contributed by atoms with Gasteiger partial charge in [0.1, 0.15) is 0 Å². The van der Waals surface area contributed by atoms with Gasteiger partial charge in [-0.25, -0.2) is 0 Å². The maximum absolute atomic E-state index is 13.3. The summed E-state index contributed by atoms with van der Waals surface area (Å²) in [6, 6.07) is 7.82. The highest BCUT2D eigenvalue weighted by Gasteiger charge is 2.33. The highest BCUT2D eigenvalue weighted by atomic mass is 32.2. The Hall–Kier alpha value is -3.28. The van der Waals surface area contributed by atoms with Gasteiger partial charge in [-0.3, -0.25) is 0 Å². The van der Waals surface area contributed by atoms with Gasteiger partial charge in [-0.15, -0.1) is 4.09 Å². The number of halogens is 3. The van der Waals surface area contributed by atoms with Crippen LogP contribution in [-0.2, 0) is 16.2 Å². The van der Waals surface area contributed by atoms with Crippen molar-refractivity contribution in [3.8, 4) is 28.9 Å². The molecule has 0 N–H and O–H groups in total. The van der Waals surface area contributed by atoms with Crippen molar-refractivity contribution in [1.29, 1.82) is 0 Å². The Morgan fingerprint density at radius 2 is 1.88 bits per heavy atom. The summed E-state index contributed by atoms with van der Waals surface area (Å²) in [5.41, 5.74) is -0.795. The molecule has 0 bridgehead atoms. The molecular weight excluding hydrogens is 451 g/mol. The van der Waals surface area contributed by atoms with E-state index in [2.05, 4.69) is 10.1 Å². The summed E-state index contributed by atoms with van der Waals surface area (Å²) in [7, 11) is -4.54. The lowest BCUT2D eigenvalue weighted by Crippen LogP contribution is -2.17. The van der Waals surface area contributed by atoms with E-state index in [4.69, 9.17) is 14.2 Å². The fraction of sp³-hybridized carbons (Fsp3) is 0.300. The van der Waals surface area contributed by atoms with Crippen molar-refractivity contribution in [2.75, 3.05) is 13.4 Å². The van der Waals surface area contributed by atoms with E-state index in [0.717, 1.165) is 18.2 Å². The molecule has 0 saturated heterocycles. The van der Waals surface area contributed by atoms with Gasteiger partial charge >= 0.3 is 12.2 Å². The van der Waals surface area contributed by atoms with Gasteiger partial charge in [0.05, 0.1) is 17.1 Å². The molecule has 1 aliphatic rings. The summed E-state index contributed by atoms with van der Waals surface area (Å²) in [6.07, 6.45) is -4.71. The number of hydrogen-bond donors (Lipinski definition) is 0. The number of aromatic nitrogens is 3. The zero-order valence-electron chi connectivity index (χ0n) is 17.0. The lowest BCUT2D eigenvalue weighted by Gasteiger charge is -2.11. The van der Waals surface area contributed by atoms with Crippen LogP contribution in [0.4, 0.5) is 13.2 Å². The van der Waals surface area contributed by atoms with Gasteiger partial charge in [-0.1, -0.05) is 25.0 Å². The first-order valence-electron chi connectivity index (χ1n) is 9.48. The number of alkyl halides is 3. The third-order valence-corrected chi connectivity index (χ3v) is 5.98. The molecule has 4 rings (SSSR count). The molecule has 170 valence electrons. The van der Waals surface area contributed by atoms with Crippen LogP contribution in [0.5, 0.6) is 17.5 Å². The molecule has 0 atom stereocenters. The minimum absolute atomic E-state index is 0.0107. The second kappa shape index (κ2) is 8.01. The molecular formula is C20H18F3N3O5S. The van der Waals surface area contributed by atoms with E-state index in [1.165, 1.54) is 6.07 Å². The predicted molar refractivity (Wildman–Crippen MR) is 106 cm³/mol. The summed E-state index contributed by atoms with van der Waals surface area (Å²) >= 11 is 0. The van der Waals surface area contributed by atoms with Gasteiger partial charge in [0.2, 0.25) is 6.79 Å². The van der Waals surface area contributed by atoms with Crippen LogP contribution in [0.3, 0.4) is 0 Å². The lowest BCUT2D eigenvalue weighted by molar-refractivity contribution is -0.137. The highest BCUT2D eigenvalue weighted by molar-refractivity contribution is 7.90. The Morgan fingerprint density at radius 1 is 1.12 bits per heavy atom. The van der Waals surface area contributed by atoms with Crippen LogP contribution in [0.25, 0.3) is 11.4 Å². The van der Waals surface area contributed by atoms with Gasteiger partial charge in [-0.2, -0.15) is 26.6 Å². The number of nitrogens with zero attached hydrogens (tertiary/aromatic N) is 3. The van der Waals surface area contributed by atoms with Crippen LogP contribution in [0.15, 0.2) is 47.4 Å². The van der Waals surface area contributed by atoms with Crippen LogP contribution >= 0.6 is 0 Å². The van der Waals surface area contributed by atoms with Crippen molar-refractivity contribution in [2.45, 2.75) is 24.9 Å². The fourth-order valence-corrected chi connectivity index (χ4v) is 4.17. The molecule has 0 radical (unpaired) electrons. The van der Waals surface area contributed by atoms with Gasteiger partial charge in [-0.05, 0) is 42.3 Å². The number of hydrogen-bond acceptors (Lipinski definition) is 7. The van der Waals surface area contributed by atoms with Crippen LogP contribution in [0.1, 0.15) is 19.4 Å². The van der Waals surface area contributed by atoms with Gasteiger partial charge < -0.3 is 14.2 Å². The maximum Gasteiger partial charge on any atom is 0.416 e. The van der Waals surface area contributed by atoms with Crippen molar-refractivity contribution in [2.24, 2.45) is 5.92 Å². The Morgan fingerprint density at radius 3 is 2.59 bits per heavy atom. The minimum atomic E-state index is -4.71. The quantitative estimate of drug-likeness (QED) is 0.540. The third kappa shape index (κ3) is 4.22. The summed E-state index contributed by atoms with van der Waals surface area (Å²) in [6.45, 7) is 4.00. The highest BCUT2D eigenvalue weighted by Crippen LogP contribution is 2.37. The monoisotopic (exact) mass is 469 g/mol. The summed E-state index contributed by atoms with van der Waals surface area (Å²) in [5.74, 6) is 0.811. The molecule has 0 saturated carbocycles. The number of fused-ring (bicyclic) bond motifs is 1. The van der Waals surface area contributed by atoms with Gasteiger partial charge in [0.25, 0.3) is 10.0 Å². The van der Waals surface area contributed by atoms with Crippen molar-refractivity contribution in [3.05, 3.63) is 48.0 Å². The van der Waals surface area contributed by atoms with Crippen molar-refractivity contribution in [1.82, 2.24) is 14.2 Å². The van der Waals surface area contributed by atoms with Crippen LogP contribution in [0, 0.1) is 5.92 Å². The average molecular weight is 469 g/mol. The lowest BCUT2D eigenvalue weighted by atomic mass is 10.2. The normalized spacial score (nSPS) is 13.6. The first-order chi connectivity index (χ1) is 15.1. The SMILES string of the molecule is CC(C)COc1nc(-c2ccc3c(c2)OCO3)n(S(=O)(=O)c2cccc(C(F)(F)F)c2)n1. The van der Waals surface area contributed by atoms with E-state index in [9.17, 15) is 21.6 Å². The molecule has 0 spiro atoms. The predicted octanol–water partition coefficient (Wildman–Crippen LogP) is 3.96. The molecule has 12 heteroatoms.